The zero-order valence-corrected chi connectivity index (χ0v) is 16.5. The zero-order valence-electron chi connectivity index (χ0n) is 16.5. The van der Waals surface area contributed by atoms with Crippen LogP contribution in [0.15, 0.2) is 45.6 Å². The Labute approximate surface area is 170 Å². The third-order valence-electron chi connectivity index (χ3n) is 4.57. The molecule has 0 bridgehead atoms. The smallest absolute Gasteiger partial charge is 0.414 e. The number of nitrogens with zero attached hydrogens (tertiary/aromatic N) is 3. The van der Waals surface area contributed by atoms with Crippen LogP contribution in [0.25, 0.3) is 11.0 Å². The maximum Gasteiger partial charge on any atom is 0.414 e. The number of benzene rings is 2. The van der Waals surface area contributed by atoms with Gasteiger partial charge in [-0.05, 0) is 24.1 Å². The van der Waals surface area contributed by atoms with E-state index < -0.39 is 16.6 Å². The van der Waals surface area contributed by atoms with Gasteiger partial charge in [0.05, 0.1) is 10.5 Å². The van der Waals surface area contributed by atoms with E-state index in [0.29, 0.717) is 22.1 Å². The standard InChI is InChI=1S/C21H17N3O6/c1-12-16-9-14(11-22)18(30-21(26)23(2)3)10-19(16)29-20(25)17(12)8-13-5-4-6-15(7-13)24(27)28/h4-7,9-10H,8H2,1-3H3. The monoisotopic (exact) mass is 407 g/mol. The van der Waals surface area contributed by atoms with Crippen molar-refractivity contribution >= 4 is 22.7 Å². The molecule has 1 amide bonds. The summed E-state index contributed by atoms with van der Waals surface area (Å²) in [6.45, 7) is 1.71. The number of nitriles is 1. The van der Waals surface area contributed by atoms with Gasteiger partial charge < -0.3 is 14.1 Å². The summed E-state index contributed by atoms with van der Waals surface area (Å²) in [5.41, 5.74) is 1.07. The highest BCUT2D eigenvalue weighted by Gasteiger charge is 2.18. The van der Waals surface area contributed by atoms with Crippen molar-refractivity contribution in [1.29, 1.82) is 5.26 Å². The average molecular weight is 407 g/mol. The van der Waals surface area contributed by atoms with E-state index in [2.05, 4.69) is 0 Å². The lowest BCUT2D eigenvalue weighted by Gasteiger charge is -2.13. The molecule has 0 aliphatic heterocycles. The average Bonchev–Trinajstić information content (AvgIpc) is 2.71. The molecule has 9 heteroatoms. The molecule has 0 radical (unpaired) electrons. The normalized spacial score (nSPS) is 10.5. The molecule has 3 aromatic rings. The number of nitro groups is 1. The molecule has 0 unspecified atom stereocenters. The number of non-ortho nitro benzene ring substituents is 1. The Balaban J connectivity index is 2.10. The summed E-state index contributed by atoms with van der Waals surface area (Å²) in [5.74, 6) is -0.0160. The number of hydrogen-bond donors (Lipinski definition) is 0. The summed E-state index contributed by atoms with van der Waals surface area (Å²) < 4.78 is 10.6. The second-order valence-corrected chi connectivity index (χ2v) is 6.82. The van der Waals surface area contributed by atoms with Crippen LogP contribution in [0.3, 0.4) is 0 Å². The van der Waals surface area contributed by atoms with Crippen LogP contribution in [0.5, 0.6) is 5.75 Å². The first-order valence-electron chi connectivity index (χ1n) is 8.84. The van der Waals surface area contributed by atoms with Gasteiger partial charge in [-0.3, -0.25) is 10.1 Å². The van der Waals surface area contributed by atoms with Gasteiger partial charge in [0.15, 0.2) is 5.75 Å². The SMILES string of the molecule is Cc1c(Cc2cccc([N+](=O)[O-])c2)c(=O)oc2cc(OC(=O)N(C)C)c(C#N)cc12. The molecule has 0 spiro atoms. The first kappa shape index (κ1) is 20.5. The number of fused-ring (bicyclic) bond motifs is 1. The van der Waals surface area contributed by atoms with E-state index in [0.717, 1.165) is 0 Å². The molecule has 0 N–H and O–H groups in total. The Hall–Kier alpha value is -4.19. The van der Waals surface area contributed by atoms with Crippen molar-refractivity contribution in [2.24, 2.45) is 0 Å². The zero-order chi connectivity index (χ0) is 22.0. The molecular weight excluding hydrogens is 390 g/mol. The van der Waals surface area contributed by atoms with Gasteiger partial charge in [-0.1, -0.05) is 12.1 Å². The van der Waals surface area contributed by atoms with Crippen LogP contribution in [0.2, 0.25) is 0 Å². The number of carbonyl (C=O) groups is 1. The molecule has 2 aromatic carbocycles. The fraction of sp³-hybridized carbons (Fsp3) is 0.190. The summed E-state index contributed by atoms with van der Waals surface area (Å²) in [7, 11) is 3.00. The fourth-order valence-electron chi connectivity index (χ4n) is 2.96. The minimum Gasteiger partial charge on any atom is -0.422 e. The van der Waals surface area contributed by atoms with Crippen LogP contribution in [0.4, 0.5) is 10.5 Å². The van der Waals surface area contributed by atoms with E-state index in [-0.39, 0.29) is 29.0 Å². The highest BCUT2D eigenvalue weighted by molar-refractivity contribution is 5.85. The van der Waals surface area contributed by atoms with Crippen molar-refractivity contribution in [2.45, 2.75) is 13.3 Å². The molecule has 0 aliphatic carbocycles. The molecule has 0 saturated carbocycles. The van der Waals surface area contributed by atoms with E-state index in [4.69, 9.17) is 9.15 Å². The summed E-state index contributed by atoms with van der Waals surface area (Å²) in [4.78, 5) is 36.1. The number of hydrogen-bond acceptors (Lipinski definition) is 7. The van der Waals surface area contributed by atoms with Crippen molar-refractivity contribution in [2.75, 3.05) is 14.1 Å². The third kappa shape index (κ3) is 3.98. The highest BCUT2D eigenvalue weighted by atomic mass is 16.6. The maximum absolute atomic E-state index is 12.6. The van der Waals surface area contributed by atoms with E-state index in [9.17, 15) is 25.0 Å². The Bertz CT molecular complexity index is 1270. The van der Waals surface area contributed by atoms with Gasteiger partial charge in [0, 0.05) is 49.7 Å². The predicted molar refractivity (Wildman–Crippen MR) is 108 cm³/mol. The second kappa shape index (κ2) is 8.05. The molecular formula is C21H17N3O6. The van der Waals surface area contributed by atoms with Crippen LogP contribution >= 0.6 is 0 Å². The summed E-state index contributed by atoms with van der Waals surface area (Å²) in [5, 5.41) is 21.0. The summed E-state index contributed by atoms with van der Waals surface area (Å²) >= 11 is 0. The number of ether oxygens (including phenoxy) is 1. The van der Waals surface area contributed by atoms with Gasteiger partial charge in [0.2, 0.25) is 0 Å². The summed E-state index contributed by atoms with van der Waals surface area (Å²) in [6, 6.07) is 10.8. The molecule has 9 nitrogen and oxygen atoms in total. The largest absolute Gasteiger partial charge is 0.422 e. The molecule has 30 heavy (non-hydrogen) atoms. The van der Waals surface area contributed by atoms with E-state index in [1.54, 1.807) is 19.1 Å². The highest BCUT2D eigenvalue weighted by Crippen LogP contribution is 2.29. The Morgan fingerprint density at radius 2 is 2.03 bits per heavy atom. The molecule has 1 heterocycles. The third-order valence-corrected chi connectivity index (χ3v) is 4.57. The van der Waals surface area contributed by atoms with Crippen LogP contribution in [0, 0.1) is 28.4 Å². The van der Waals surface area contributed by atoms with Gasteiger partial charge >= 0.3 is 11.7 Å². The van der Waals surface area contributed by atoms with Gasteiger partial charge in [0.1, 0.15) is 11.7 Å². The second-order valence-electron chi connectivity index (χ2n) is 6.82. The number of aryl methyl sites for hydroxylation is 1. The lowest BCUT2D eigenvalue weighted by Crippen LogP contribution is -2.25. The number of amides is 1. The lowest BCUT2D eigenvalue weighted by molar-refractivity contribution is -0.384. The molecule has 0 fully saturated rings. The minimum atomic E-state index is -0.674. The van der Waals surface area contributed by atoms with Crippen molar-refractivity contribution in [3.63, 3.8) is 0 Å². The fourth-order valence-corrected chi connectivity index (χ4v) is 2.96. The first-order valence-corrected chi connectivity index (χ1v) is 8.84. The van der Waals surface area contributed by atoms with E-state index in [1.165, 1.54) is 43.3 Å². The molecule has 0 aliphatic rings. The predicted octanol–water partition coefficient (Wildman–Crippen LogP) is 3.53. The van der Waals surface area contributed by atoms with Gasteiger partial charge in [0.25, 0.3) is 5.69 Å². The molecule has 3 rings (SSSR count). The van der Waals surface area contributed by atoms with Crippen LogP contribution in [-0.2, 0) is 6.42 Å². The van der Waals surface area contributed by atoms with Gasteiger partial charge in [-0.15, -0.1) is 0 Å². The van der Waals surface area contributed by atoms with Crippen LogP contribution in [-0.4, -0.2) is 30.0 Å². The van der Waals surface area contributed by atoms with Crippen LogP contribution in [0.1, 0.15) is 22.3 Å². The topological polar surface area (TPSA) is 127 Å². The quantitative estimate of drug-likeness (QED) is 0.368. The number of carbonyl (C=O) groups excluding carboxylic acids is 1. The summed E-state index contributed by atoms with van der Waals surface area (Å²) in [6.07, 6.45) is -0.544. The molecule has 1 aromatic heterocycles. The minimum absolute atomic E-state index is 0.0160. The van der Waals surface area contributed by atoms with E-state index in [1.807, 2.05) is 6.07 Å². The Kier molecular flexibility index (Phi) is 5.51. The van der Waals surface area contributed by atoms with E-state index >= 15 is 0 Å². The number of nitro benzene ring substituents is 1. The molecule has 0 atom stereocenters. The van der Waals surface area contributed by atoms with Gasteiger partial charge in [-0.2, -0.15) is 5.26 Å². The molecule has 0 saturated heterocycles. The van der Waals surface area contributed by atoms with Crippen molar-refractivity contribution in [1.82, 2.24) is 4.90 Å². The molecule has 152 valence electrons. The maximum atomic E-state index is 12.6. The van der Waals surface area contributed by atoms with Crippen LogP contribution < -0.4 is 10.4 Å². The van der Waals surface area contributed by atoms with Crippen molar-refractivity contribution in [3.8, 4) is 11.8 Å². The number of rotatable bonds is 4. The lowest BCUT2D eigenvalue weighted by atomic mass is 9.98. The first-order chi connectivity index (χ1) is 14.2. The Morgan fingerprint density at radius 3 is 2.67 bits per heavy atom. The Morgan fingerprint density at radius 1 is 1.30 bits per heavy atom. The van der Waals surface area contributed by atoms with Crippen molar-refractivity contribution in [3.05, 3.63) is 79.2 Å². The van der Waals surface area contributed by atoms with Gasteiger partial charge in [-0.25, -0.2) is 9.59 Å². The van der Waals surface area contributed by atoms with Crippen molar-refractivity contribution < 1.29 is 18.9 Å².